The number of rotatable bonds is 5. The van der Waals surface area contributed by atoms with E-state index in [-0.39, 0.29) is 22.5 Å². The van der Waals surface area contributed by atoms with Crippen molar-refractivity contribution >= 4 is 22.8 Å². The molecule has 1 aliphatic heterocycles. The van der Waals surface area contributed by atoms with Gasteiger partial charge in [0.1, 0.15) is 35.3 Å². The molecule has 1 saturated heterocycles. The number of nitrogens with zero attached hydrogens (tertiary/aromatic N) is 3. The molecule has 12 heteroatoms. The lowest BCUT2D eigenvalue weighted by molar-refractivity contribution is -0.153. The normalized spacial score (nSPS) is 17.1. The van der Waals surface area contributed by atoms with Crippen LogP contribution in [0.3, 0.4) is 0 Å². The van der Waals surface area contributed by atoms with E-state index in [4.69, 9.17) is 0 Å². The van der Waals surface area contributed by atoms with Crippen LogP contribution in [0.2, 0.25) is 0 Å². The number of benzene rings is 1. The van der Waals surface area contributed by atoms with Crippen molar-refractivity contribution in [3.05, 3.63) is 63.9 Å². The summed E-state index contributed by atoms with van der Waals surface area (Å²) in [6, 6.07) is 3.13. The molecule has 3 aromatic rings. The van der Waals surface area contributed by atoms with E-state index in [0.29, 0.717) is 25.5 Å². The molecule has 4 rings (SSSR count). The first-order valence-corrected chi connectivity index (χ1v) is 10.9. The van der Waals surface area contributed by atoms with Crippen molar-refractivity contribution in [1.82, 2.24) is 14.9 Å². The molecule has 2 unspecified atom stereocenters. The molecule has 1 aromatic carbocycles. The fourth-order valence-corrected chi connectivity index (χ4v) is 4.04. The number of aliphatic hydroxyl groups excluding tert-OH is 1. The molecule has 0 aliphatic carbocycles. The molecule has 0 spiro atoms. The van der Waals surface area contributed by atoms with Crippen LogP contribution < -0.4 is 15.6 Å². The molecule has 0 bridgehead atoms. The smallest absolute Gasteiger partial charge is 0.374 e. The van der Waals surface area contributed by atoms with Crippen molar-refractivity contribution in [2.45, 2.75) is 44.6 Å². The summed E-state index contributed by atoms with van der Waals surface area (Å²) in [6.07, 6.45) is -3.95. The minimum absolute atomic E-state index is 0.114. The molecule has 7 nitrogen and oxygen atoms in total. The van der Waals surface area contributed by atoms with Crippen LogP contribution in [0.4, 0.5) is 27.8 Å². The summed E-state index contributed by atoms with van der Waals surface area (Å²) in [5, 5.41) is 11.8. The predicted molar refractivity (Wildman–Crippen MR) is 117 cm³/mol. The van der Waals surface area contributed by atoms with E-state index in [1.54, 1.807) is 10.2 Å². The van der Waals surface area contributed by atoms with Gasteiger partial charge in [-0.15, -0.1) is 0 Å². The zero-order chi connectivity index (χ0) is 25.5. The molecule has 186 valence electrons. The van der Waals surface area contributed by atoms with Crippen LogP contribution in [-0.2, 0) is 0 Å². The Bertz CT molecular complexity index is 1340. The van der Waals surface area contributed by atoms with Crippen molar-refractivity contribution in [3.63, 3.8) is 0 Å². The average Bonchev–Trinajstić information content (AvgIpc) is 3.23. The second-order valence-electron chi connectivity index (χ2n) is 8.17. The van der Waals surface area contributed by atoms with Gasteiger partial charge in [-0.1, -0.05) is 6.92 Å². The van der Waals surface area contributed by atoms with Gasteiger partial charge in [0.05, 0.1) is 11.1 Å². The van der Waals surface area contributed by atoms with Crippen molar-refractivity contribution < 1.29 is 31.9 Å². The Labute approximate surface area is 195 Å². The van der Waals surface area contributed by atoms with E-state index in [0.717, 1.165) is 22.9 Å². The quantitative estimate of drug-likeness (QED) is 0.527. The van der Waals surface area contributed by atoms with Crippen molar-refractivity contribution in [3.8, 4) is 5.69 Å². The summed E-state index contributed by atoms with van der Waals surface area (Å²) in [5.74, 6) is -2.94. The Balaban J connectivity index is 1.92. The van der Waals surface area contributed by atoms with Gasteiger partial charge >= 0.3 is 6.18 Å². The standard InChI is InChI=1S/C23H21F5N4O3/c1-2-17(23(26,27)28)29-22(35)14-11-32(16-7-5-12(24)10-15(16)25)21-13(20(14)34)6-8-18(30-21)31-9-3-4-19(31)33/h5-8,10-11,17,19,33H,2-4,9H2,1H3,(H,29,35). The summed E-state index contributed by atoms with van der Waals surface area (Å²) in [5.41, 5.74) is -1.97. The zero-order valence-electron chi connectivity index (χ0n) is 18.4. The third kappa shape index (κ3) is 4.70. The highest BCUT2D eigenvalue weighted by Crippen LogP contribution is 2.27. The zero-order valence-corrected chi connectivity index (χ0v) is 18.4. The van der Waals surface area contributed by atoms with E-state index in [9.17, 15) is 36.6 Å². The topological polar surface area (TPSA) is 87.5 Å². The number of aromatic nitrogens is 2. The fraction of sp³-hybridized carbons (Fsp3) is 0.348. The number of pyridine rings is 2. The van der Waals surface area contributed by atoms with Gasteiger partial charge in [-0.05, 0) is 43.5 Å². The predicted octanol–water partition coefficient (Wildman–Crippen LogP) is 3.65. The molecular weight excluding hydrogens is 475 g/mol. The van der Waals surface area contributed by atoms with Gasteiger partial charge in [-0.3, -0.25) is 14.2 Å². The van der Waals surface area contributed by atoms with Crippen molar-refractivity contribution in [1.29, 1.82) is 0 Å². The number of alkyl halides is 3. The monoisotopic (exact) mass is 496 g/mol. The largest absolute Gasteiger partial charge is 0.408 e. The van der Waals surface area contributed by atoms with E-state index in [1.165, 1.54) is 19.1 Å². The number of amides is 1. The second-order valence-corrected chi connectivity index (χ2v) is 8.17. The van der Waals surface area contributed by atoms with E-state index in [2.05, 4.69) is 4.98 Å². The first-order chi connectivity index (χ1) is 16.5. The van der Waals surface area contributed by atoms with Crippen LogP contribution in [0.15, 0.2) is 41.3 Å². The van der Waals surface area contributed by atoms with Crippen LogP contribution in [0, 0.1) is 11.6 Å². The molecule has 2 N–H and O–H groups in total. The number of carbonyl (C=O) groups excluding carboxylic acids is 1. The van der Waals surface area contributed by atoms with Crippen molar-refractivity contribution in [2.75, 3.05) is 11.4 Å². The number of halogens is 5. The molecular formula is C23H21F5N4O3. The van der Waals surface area contributed by atoms with Crippen LogP contribution in [-0.4, -0.2) is 45.6 Å². The van der Waals surface area contributed by atoms with Crippen LogP contribution in [0.1, 0.15) is 36.5 Å². The molecule has 2 atom stereocenters. The van der Waals surface area contributed by atoms with Gasteiger partial charge in [0.2, 0.25) is 5.43 Å². The molecule has 3 heterocycles. The van der Waals surface area contributed by atoms with Gasteiger partial charge in [-0.25, -0.2) is 13.8 Å². The number of hydrogen-bond acceptors (Lipinski definition) is 5. The maximum Gasteiger partial charge on any atom is 0.408 e. The van der Waals surface area contributed by atoms with Gasteiger partial charge in [-0.2, -0.15) is 13.2 Å². The third-order valence-corrected chi connectivity index (χ3v) is 5.87. The lowest BCUT2D eigenvalue weighted by atomic mass is 10.1. The summed E-state index contributed by atoms with van der Waals surface area (Å²) < 4.78 is 68.8. The van der Waals surface area contributed by atoms with E-state index < -0.39 is 53.4 Å². The SMILES string of the molecule is CCC(NC(=O)c1cn(-c2ccc(F)cc2F)c2nc(N3CCCC3O)ccc2c1=O)C(F)(F)F. The first kappa shape index (κ1) is 24.6. The Hall–Kier alpha value is -3.54. The molecule has 35 heavy (non-hydrogen) atoms. The minimum Gasteiger partial charge on any atom is -0.374 e. The lowest BCUT2D eigenvalue weighted by Gasteiger charge is -2.23. The summed E-state index contributed by atoms with van der Waals surface area (Å²) in [4.78, 5) is 31.8. The van der Waals surface area contributed by atoms with E-state index in [1.807, 2.05) is 0 Å². The summed E-state index contributed by atoms with van der Waals surface area (Å²) in [6.45, 7) is 1.70. The molecule has 0 saturated carbocycles. The number of fused-ring (bicyclic) bond motifs is 1. The summed E-state index contributed by atoms with van der Waals surface area (Å²) in [7, 11) is 0. The molecule has 2 aromatic heterocycles. The molecule has 1 aliphatic rings. The highest BCUT2D eigenvalue weighted by atomic mass is 19.4. The number of nitrogens with one attached hydrogen (secondary N) is 1. The molecule has 1 fully saturated rings. The number of carbonyl (C=O) groups is 1. The molecule has 1 amide bonds. The van der Waals surface area contributed by atoms with Crippen molar-refractivity contribution in [2.24, 2.45) is 0 Å². The van der Waals surface area contributed by atoms with Crippen LogP contribution in [0.5, 0.6) is 0 Å². The maximum atomic E-state index is 14.7. The maximum absolute atomic E-state index is 14.7. The van der Waals surface area contributed by atoms with Crippen LogP contribution >= 0.6 is 0 Å². The Morgan fingerprint density at radius 2 is 2.00 bits per heavy atom. The minimum atomic E-state index is -4.74. The van der Waals surface area contributed by atoms with Crippen LogP contribution in [0.25, 0.3) is 16.7 Å². The highest BCUT2D eigenvalue weighted by molar-refractivity contribution is 5.97. The number of aliphatic hydroxyl groups is 1. The number of anilines is 1. The summed E-state index contributed by atoms with van der Waals surface area (Å²) >= 11 is 0. The van der Waals surface area contributed by atoms with Gasteiger partial charge in [0.15, 0.2) is 5.65 Å². The van der Waals surface area contributed by atoms with Gasteiger partial charge in [0.25, 0.3) is 5.91 Å². The van der Waals surface area contributed by atoms with Gasteiger partial charge in [0, 0.05) is 18.8 Å². The Morgan fingerprint density at radius 1 is 1.26 bits per heavy atom. The Kier molecular flexibility index (Phi) is 6.50. The second kappa shape index (κ2) is 9.25. The average molecular weight is 496 g/mol. The third-order valence-electron chi connectivity index (χ3n) is 5.87. The first-order valence-electron chi connectivity index (χ1n) is 10.9. The molecule has 0 radical (unpaired) electrons. The fourth-order valence-electron chi connectivity index (χ4n) is 4.04. The highest BCUT2D eigenvalue weighted by Gasteiger charge is 2.39. The number of hydrogen-bond donors (Lipinski definition) is 2. The van der Waals surface area contributed by atoms with E-state index >= 15 is 0 Å². The lowest BCUT2D eigenvalue weighted by Crippen LogP contribution is -2.46. The Morgan fingerprint density at radius 3 is 2.60 bits per heavy atom. The van der Waals surface area contributed by atoms with Gasteiger partial charge < -0.3 is 15.3 Å².